The van der Waals surface area contributed by atoms with Gasteiger partial charge in [-0.3, -0.25) is 5.41 Å². The van der Waals surface area contributed by atoms with Crippen molar-refractivity contribution in [3.05, 3.63) is 61.6 Å². The third kappa shape index (κ3) is 2.35. The van der Waals surface area contributed by atoms with Gasteiger partial charge in [0.25, 0.3) is 0 Å². The van der Waals surface area contributed by atoms with Crippen LogP contribution >= 0.6 is 38.5 Å². The molecule has 20 heavy (non-hydrogen) atoms. The lowest BCUT2D eigenvalue weighted by Crippen LogP contribution is -2.01. The first-order chi connectivity index (χ1) is 9.56. The van der Waals surface area contributed by atoms with E-state index in [4.69, 9.17) is 5.41 Å². The smallest absolute Gasteiger partial charge is 0.199 e. The van der Waals surface area contributed by atoms with E-state index in [9.17, 15) is 5.11 Å². The average molecular weight is 441 g/mol. The number of aromatic nitrogens is 1. The Morgan fingerprint density at radius 1 is 1.20 bits per heavy atom. The van der Waals surface area contributed by atoms with E-state index in [-0.39, 0.29) is 5.88 Å². The third-order valence-corrected chi connectivity index (χ3v) is 4.27. The first-order valence-corrected chi connectivity index (χ1v) is 7.78. The van der Waals surface area contributed by atoms with Gasteiger partial charge in [-0.15, -0.1) is 0 Å². The maximum atomic E-state index is 10.1. The van der Waals surface area contributed by atoms with Crippen LogP contribution in [0.2, 0.25) is 0 Å². The highest BCUT2D eigenvalue weighted by molar-refractivity contribution is 14.1. The summed E-state index contributed by atoms with van der Waals surface area (Å²) in [4.78, 5) is 2.91. The van der Waals surface area contributed by atoms with Gasteiger partial charge < -0.3 is 10.1 Å². The molecule has 3 N–H and O–H groups in total. The van der Waals surface area contributed by atoms with E-state index in [1.807, 2.05) is 42.5 Å². The van der Waals surface area contributed by atoms with E-state index in [1.165, 1.54) is 0 Å². The number of aromatic hydroxyl groups is 1. The zero-order chi connectivity index (χ0) is 14.3. The number of hydrogen-bond acceptors (Lipinski definition) is 2. The van der Waals surface area contributed by atoms with Crippen LogP contribution in [0.3, 0.4) is 0 Å². The molecule has 0 aliphatic carbocycles. The maximum absolute atomic E-state index is 10.1. The van der Waals surface area contributed by atoms with Gasteiger partial charge in [-0.05, 0) is 52.9 Å². The zero-order valence-corrected chi connectivity index (χ0v) is 14.0. The quantitative estimate of drug-likeness (QED) is 0.394. The molecule has 0 unspecified atom stereocenters. The number of benzene rings is 2. The lowest BCUT2D eigenvalue weighted by atomic mass is 10.0. The monoisotopic (exact) mass is 440 g/mol. The third-order valence-electron chi connectivity index (χ3n) is 3.10. The second-order valence-corrected chi connectivity index (χ2v) is 6.59. The number of hydrogen-bond donors (Lipinski definition) is 3. The van der Waals surface area contributed by atoms with E-state index in [0.29, 0.717) is 11.3 Å². The molecule has 0 atom stereocenters. The van der Waals surface area contributed by atoms with Crippen molar-refractivity contribution in [1.82, 2.24) is 4.98 Å². The van der Waals surface area contributed by atoms with Crippen molar-refractivity contribution in [3.63, 3.8) is 0 Å². The molecular formula is C15H10BrIN2O. The highest BCUT2D eigenvalue weighted by Gasteiger charge is 2.17. The second kappa shape index (κ2) is 5.21. The number of nitrogens with one attached hydrogen (secondary N) is 2. The Labute approximate surface area is 137 Å². The van der Waals surface area contributed by atoms with Gasteiger partial charge >= 0.3 is 0 Å². The molecule has 5 heteroatoms. The summed E-state index contributed by atoms with van der Waals surface area (Å²) < 4.78 is 1.98. The average Bonchev–Trinajstić information content (AvgIpc) is 2.73. The highest BCUT2D eigenvalue weighted by atomic mass is 127. The molecule has 3 aromatic rings. The van der Waals surface area contributed by atoms with Crippen LogP contribution in [-0.2, 0) is 0 Å². The molecule has 0 aliphatic rings. The van der Waals surface area contributed by atoms with Crippen LogP contribution in [-0.4, -0.2) is 15.8 Å². The molecule has 1 heterocycles. The van der Waals surface area contributed by atoms with Crippen LogP contribution < -0.4 is 0 Å². The Bertz CT molecular complexity index is 826. The summed E-state index contributed by atoms with van der Waals surface area (Å²) in [6, 6.07) is 13.4. The molecule has 0 amide bonds. The van der Waals surface area contributed by atoms with E-state index in [1.54, 1.807) is 0 Å². The van der Waals surface area contributed by atoms with Gasteiger partial charge in [0.05, 0.1) is 11.3 Å². The van der Waals surface area contributed by atoms with Gasteiger partial charge in [0.2, 0.25) is 0 Å². The summed E-state index contributed by atoms with van der Waals surface area (Å²) in [7, 11) is 0. The molecule has 100 valence electrons. The zero-order valence-electron chi connectivity index (χ0n) is 10.2. The standard InChI is InChI=1S/C15H10BrIN2O/c16-9-4-5-12-11(7-9)13(15(20)19-12)14(18)8-2-1-3-10(17)6-8/h1-7,18-20H. The Morgan fingerprint density at radius 3 is 2.75 bits per heavy atom. The molecule has 0 saturated heterocycles. The molecule has 3 rings (SSSR count). The Balaban J connectivity index is 2.21. The topological polar surface area (TPSA) is 59.9 Å². The fourth-order valence-corrected chi connectivity index (χ4v) is 3.10. The fourth-order valence-electron chi connectivity index (χ4n) is 2.19. The van der Waals surface area contributed by atoms with Crippen LogP contribution in [0.5, 0.6) is 5.88 Å². The summed E-state index contributed by atoms with van der Waals surface area (Å²) in [5, 5.41) is 19.3. The number of halogens is 2. The number of fused-ring (bicyclic) bond motifs is 1. The van der Waals surface area contributed by atoms with E-state index >= 15 is 0 Å². The number of aromatic amines is 1. The van der Waals surface area contributed by atoms with E-state index in [2.05, 4.69) is 43.5 Å². The molecular weight excluding hydrogens is 431 g/mol. The molecule has 0 bridgehead atoms. The largest absolute Gasteiger partial charge is 0.494 e. The highest BCUT2D eigenvalue weighted by Crippen LogP contribution is 2.31. The van der Waals surface area contributed by atoms with Gasteiger partial charge in [-0.1, -0.05) is 28.1 Å². The Morgan fingerprint density at radius 2 is 2.00 bits per heavy atom. The van der Waals surface area contributed by atoms with Crippen molar-refractivity contribution in [2.24, 2.45) is 0 Å². The summed E-state index contributed by atoms with van der Waals surface area (Å²) in [5.74, 6) is 0.0296. The molecule has 0 saturated carbocycles. The van der Waals surface area contributed by atoms with Crippen molar-refractivity contribution in [3.8, 4) is 5.88 Å². The predicted molar refractivity (Wildman–Crippen MR) is 92.8 cm³/mol. The van der Waals surface area contributed by atoms with Gasteiger partial charge in [0.15, 0.2) is 5.88 Å². The lowest BCUT2D eigenvalue weighted by molar-refractivity contribution is 0.457. The normalized spacial score (nSPS) is 10.9. The van der Waals surface area contributed by atoms with Crippen LogP contribution in [0.1, 0.15) is 11.1 Å². The van der Waals surface area contributed by atoms with Crippen molar-refractivity contribution in [2.45, 2.75) is 0 Å². The number of rotatable bonds is 2. The van der Waals surface area contributed by atoms with E-state index in [0.717, 1.165) is 24.5 Å². The van der Waals surface area contributed by atoms with Crippen LogP contribution in [0.15, 0.2) is 46.9 Å². The van der Waals surface area contributed by atoms with Gasteiger partial charge in [0.1, 0.15) is 0 Å². The summed E-state index contributed by atoms with van der Waals surface area (Å²) >= 11 is 5.64. The van der Waals surface area contributed by atoms with Gasteiger partial charge in [0, 0.05) is 24.5 Å². The minimum absolute atomic E-state index is 0.0296. The number of H-pyrrole nitrogens is 1. The molecule has 2 aromatic carbocycles. The van der Waals surface area contributed by atoms with Crippen molar-refractivity contribution < 1.29 is 5.11 Å². The summed E-state index contributed by atoms with van der Waals surface area (Å²) in [5.41, 5.74) is 2.44. The minimum atomic E-state index is 0.0296. The maximum Gasteiger partial charge on any atom is 0.199 e. The fraction of sp³-hybridized carbons (Fsp3) is 0. The Hall–Kier alpha value is -1.34. The van der Waals surface area contributed by atoms with Crippen molar-refractivity contribution >= 4 is 55.1 Å². The van der Waals surface area contributed by atoms with Crippen LogP contribution in [0.4, 0.5) is 0 Å². The van der Waals surface area contributed by atoms with Crippen molar-refractivity contribution in [2.75, 3.05) is 0 Å². The van der Waals surface area contributed by atoms with Crippen LogP contribution in [0, 0.1) is 8.98 Å². The van der Waals surface area contributed by atoms with Gasteiger partial charge in [-0.25, -0.2) is 0 Å². The minimum Gasteiger partial charge on any atom is -0.494 e. The van der Waals surface area contributed by atoms with E-state index < -0.39 is 0 Å². The first-order valence-electron chi connectivity index (χ1n) is 5.91. The molecule has 0 fully saturated rings. The van der Waals surface area contributed by atoms with Crippen molar-refractivity contribution in [1.29, 1.82) is 5.41 Å². The lowest BCUT2D eigenvalue weighted by Gasteiger charge is -2.05. The molecule has 0 aliphatic heterocycles. The Kier molecular flexibility index (Phi) is 3.55. The molecule has 1 aromatic heterocycles. The predicted octanol–water partition coefficient (Wildman–Crippen LogP) is 4.66. The van der Waals surface area contributed by atoms with Crippen LogP contribution in [0.25, 0.3) is 10.9 Å². The molecule has 0 spiro atoms. The van der Waals surface area contributed by atoms with Gasteiger partial charge in [-0.2, -0.15) is 0 Å². The summed E-state index contributed by atoms with van der Waals surface area (Å²) in [6.07, 6.45) is 0. The summed E-state index contributed by atoms with van der Waals surface area (Å²) in [6.45, 7) is 0. The SMILES string of the molecule is N=C(c1cccc(I)c1)c1c(O)[nH]c2ccc(Br)cc12. The first kappa shape index (κ1) is 13.6. The molecule has 0 radical (unpaired) electrons. The molecule has 3 nitrogen and oxygen atoms in total. The second-order valence-electron chi connectivity index (χ2n) is 4.42.